The lowest BCUT2D eigenvalue weighted by atomic mass is 10.2. The number of esters is 1. The number of rotatable bonds is 8. The Labute approximate surface area is 157 Å². The fourth-order valence-electron chi connectivity index (χ4n) is 2.57. The van der Waals surface area contributed by atoms with Crippen molar-refractivity contribution in [2.24, 2.45) is 7.05 Å². The first-order valence-electron chi connectivity index (χ1n) is 8.27. The summed E-state index contributed by atoms with van der Waals surface area (Å²) in [6.45, 7) is 3.95. The number of aromatic nitrogens is 1. The van der Waals surface area contributed by atoms with E-state index >= 15 is 0 Å². The summed E-state index contributed by atoms with van der Waals surface area (Å²) in [5.74, 6) is -0.718. The number of carbonyl (C=O) groups excluding carboxylic acids is 1. The molecule has 0 saturated carbocycles. The van der Waals surface area contributed by atoms with Crippen LogP contribution in [0.25, 0.3) is 0 Å². The molecule has 0 atom stereocenters. The van der Waals surface area contributed by atoms with Crippen LogP contribution in [0.1, 0.15) is 29.9 Å². The Bertz CT molecular complexity index is 947. The number of sulfonamides is 1. The standard InChI is InChI=1S/C17H21N3O6S/c1-4-19(5-2)27(24,25)15-10-16(18(3)11-15)17(21)26-12-13-7-6-8-14(9-13)20(22)23/h6-11H,4-5,12H2,1-3H3. The molecule has 0 unspecified atom stereocenters. The fourth-order valence-corrected chi connectivity index (χ4v) is 4.10. The van der Waals surface area contributed by atoms with Crippen LogP contribution in [0.5, 0.6) is 0 Å². The molecule has 1 aromatic carbocycles. The largest absolute Gasteiger partial charge is 0.456 e. The highest BCUT2D eigenvalue weighted by Gasteiger charge is 2.25. The Kier molecular flexibility index (Phi) is 6.34. The minimum atomic E-state index is -3.69. The van der Waals surface area contributed by atoms with Crippen molar-refractivity contribution in [3.05, 3.63) is 57.9 Å². The molecule has 0 saturated heterocycles. The molecule has 0 spiro atoms. The van der Waals surface area contributed by atoms with Crippen LogP contribution >= 0.6 is 0 Å². The molecular formula is C17H21N3O6S. The van der Waals surface area contributed by atoms with E-state index in [0.29, 0.717) is 18.7 Å². The predicted molar refractivity (Wildman–Crippen MR) is 97.7 cm³/mol. The lowest BCUT2D eigenvalue weighted by Gasteiger charge is -2.17. The number of hydrogen-bond acceptors (Lipinski definition) is 6. The molecule has 1 heterocycles. The first-order chi connectivity index (χ1) is 12.7. The summed E-state index contributed by atoms with van der Waals surface area (Å²) in [5.41, 5.74) is 0.434. The van der Waals surface area contributed by atoms with Crippen LogP contribution in [0.2, 0.25) is 0 Å². The van der Waals surface area contributed by atoms with Crippen molar-refractivity contribution in [1.82, 2.24) is 8.87 Å². The Hall–Kier alpha value is -2.72. The number of benzene rings is 1. The zero-order valence-corrected chi connectivity index (χ0v) is 16.1. The minimum Gasteiger partial charge on any atom is -0.456 e. The molecule has 0 aliphatic carbocycles. The van der Waals surface area contributed by atoms with Gasteiger partial charge in [-0.25, -0.2) is 13.2 Å². The molecule has 10 heteroatoms. The molecular weight excluding hydrogens is 374 g/mol. The SMILES string of the molecule is CCN(CC)S(=O)(=O)c1cc(C(=O)OCc2cccc([N+](=O)[O-])c2)n(C)c1. The molecule has 9 nitrogen and oxygen atoms in total. The van der Waals surface area contributed by atoms with Gasteiger partial charge < -0.3 is 9.30 Å². The second kappa shape index (κ2) is 8.31. The van der Waals surface area contributed by atoms with Crippen molar-refractivity contribution in [1.29, 1.82) is 0 Å². The summed E-state index contributed by atoms with van der Waals surface area (Å²) >= 11 is 0. The molecule has 1 aromatic heterocycles. The van der Waals surface area contributed by atoms with Gasteiger partial charge in [-0.3, -0.25) is 10.1 Å². The lowest BCUT2D eigenvalue weighted by molar-refractivity contribution is -0.384. The third-order valence-electron chi connectivity index (χ3n) is 4.02. The fraction of sp³-hybridized carbons (Fsp3) is 0.353. The molecule has 0 bridgehead atoms. The number of carbonyl (C=O) groups is 1. The zero-order valence-electron chi connectivity index (χ0n) is 15.3. The van der Waals surface area contributed by atoms with Crippen LogP contribution in [0.15, 0.2) is 41.4 Å². The summed E-state index contributed by atoms with van der Waals surface area (Å²) in [4.78, 5) is 22.6. The van der Waals surface area contributed by atoms with Crippen molar-refractivity contribution >= 4 is 21.7 Å². The molecule has 0 radical (unpaired) electrons. The summed E-state index contributed by atoms with van der Waals surface area (Å²) in [7, 11) is -2.14. The number of nitro groups is 1. The minimum absolute atomic E-state index is 0.0102. The van der Waals surface area contributed by atoms with Gasteiger partial charge in [0.1, 0.15) is 17.2 Å². The summed E-state index contributed by atoms with van der Waals surface area (Å²) in [6.07, 6.45) is 1.36. The van der Waals surface area contributed by atoms with Gasteiger partial charge >= 0.3 is 5.97 Å². The van der Waals surface area contributed by atoms with Gasteiger partial charge in [0.2, 0.25) is 10.0 Å². The number of ether oxygens (including phenoxy) is 1. The lowest BCUT2D eigenvalue weighted by Crippen LogP contribution is -2.30. The number of non-ortho nitro benzene ring substituents is 1. The number of nitrogens with zero attached hydrogens (tertiary/aromatic N) is 3. The van der Waals surface area contributed by atoms with E-state index in [1.54, 1.807) is 27.0 Å². The van der Waals surface area contributed by atoms with E-state index in [1.807, 2.05) is 0 Å². The van der Waals surface area contributed by atoms with Gasteiger partial charge in [-0.05, 0) is 11.6 Å². The van der Waals surface area contributed by atoms with Crippen LogP contribution in [0.3, 0.4) is 0 Å². The predicted octanol–water partition coefficient (Wildman–Crippen LogP) is 2.32. The molecule has 146 valence electrons. The Morgan fingerprint density at radius 2 is 1.93 bits per heavy atom. The highest BCUT2D eigenvalue weighted by molar-refractivity contribution is 7.89. The van der Waals surface area contributed by atoms with Gasteiger partial charge in [-0.15, -0.1) is 0 Å². The third-order valence-corrected chi connectivity index (χ3v) is 6.04. The van der Waals surface area contributed by atoms with Gasteiger partial charge in [-0.1, -0.05) is 26.0 Å². The first-order valence-corrected chi connectivity index (χ1v) is 9.71. The smallest absolute Gasteiger partial charge is 0.355 e. The maximum absolute atomic E-state index is 12.6. The zero-order chi connectivity index (χ0) is 20.2. The topological polar surface area (TPSA) is 112 Å². The summed E-state index contributed by atoms with van der Waals surface area (Å²) < 4.78 is 33.0. The van der Waals surface area contributed by atoms with Crippen LogP contribution in [-0.2, 0) is 28.4 Å². The summed E-state index contributed by atoms with van der Waals surface area (Å²) in [6, 6.07) is 7.02. The Balaban J connectivity index is 2.17. The van der Waals surface area contributed by atoms with Crippen LogP contribution < -0.4 is 0 Å². The Morgan fingerprint density at radius 1 is 1.26 bits per heavy atom. The molecule has 0 amide bonds. The van der Waals surface area contributed by atoms with Crippen molar-refractivity contribution in [2.75, 3.05) is 13.1 Å². The normalized spacial score (nSPS) is 11.6. The first kappa shape index (κ1) is 20.6. The molecule has 2 aromatic rings. The van der Waals surface area contributed by atoms with E-state index in [1.165, 1.54) is 39.3 Å². The van der Waals surface area contributed by atoms with Crippen LogP contribution in [-0.4, -0.2) is 41.3 Å². The van der Waals surface area contributed by atoms with Crippen LogP contribution in [0.4, 0.5) is 5.69 Å². The number of nitro benzene ring substituents is 1. The van der Waals surface area contributed by atoms with Gasteiger partial charge in [0.25, 0.3) is 5.69 Å². The van der Waals surface area contributed by atoms with Gasteiger partial charge in [0, 0.05) is 38.5 Å². The van der Waals surface area contributed by atoms with E-state index in [2.05, 4.69) is 0 Å². The van der Waals surface area contributed by atoms with Gasteiger partial charge in [-0.2, -0.15) is 4.31 Å². The van der Waals surface area contributed by atoms with Crippen molar-refractivity contribution in [3.63, 3.8) is 0 Å². The highest BCUT2D eigenvalue weighted by atomic mass is 32.2. The molecule has 27 heavy (non-hydrogen) atoms. The average Bonchev–Trinajstić information content (AvgIpc) is 3.03. The van der Waals surface area contributed by atoms with Crippen molar-refractivity contribution in [2.45, 2.75) is 25.3 Å². The third kappa shape index (κ3) is 4.52. The molecule has 0 N–H and O–H groups in total. The van der Waals surface area contributed by atoms with E-state index in [4.69, 9.17) is 4.74 Å². The van der Waals surface area contributed by atoms with Gasteiger partial charge in [0.05, 0.1) is 4.92 Å². The Morgan fingerprint density at radius 3 is 2.52 bits per heavy atom. The molecule has 0 aliphatic heterocycles. The molecule has 0 fully saturated rings. The monoisotopic (exact) mass is 395 g/mol. The van der Waals surface area contributed by atoms with Gasteiger partial charge in [0.15, 0.2) is 0 Å². The van der Waals surface area contributed by atoms with Crippen molar-refractivity contribution < 1.29 is 22.9 Å². The maximum Gasteiger partial charge on any atom is 0.355 e. The average molecular weight is 395 g/mol. The number of aryl methyl sites for hydroxylation is 1. The second-order valence-electron chi connectivity index (χ2n) is 5.76. The summed E-state index contributed by atoms with van der Waals surface area (Å²) in [5, 5.41) is 10.8. The van der Waals surface area contributed by atoms with Crippen LogP contribution in [0, 0.1) is 10.1 Å². The molecule has 0 aliphatic rings. The van der Waals surface area contributed by atoms with E-state index in [-0.39, 0.29) is 22.9 Å². The maximum atomic E-state index is 12.6. The highest BCUT2D eigenvalue weighted by Crippen LogP contribution is 2.20. The van der Waals surface area contributed by atoms with E-state index < -0.39 is 20.9 Å². The second-order valence-corrected chi connectivity index (χ2v) is 7.70. The molecule has 2 rings (SSSR count). The number of hydrogen-bond donors (Lipinski definition) is 0. The quantitative estimate of drug-likeness (QED) is 0.385. The van der Waals surface area contributed by atoms with E-state index in [0.717, 1.165) is 0 Å². The van der Waals surface area contributed by atoms with Crippen molar-refractivity contribution in [3.8, 4) is 0 Å². The van der Waals surface area contributed by atoms with E-state index in [9.17, 15) is 23.3 Å².